The summed E-state index contributed by atoms with van der Waals surface area (Å²) in [5, 5.41) is 9.40. The van der Waals surface area contributed by atoms with Crippen molar-refractivity contribution >= 4 is 0 Å². The summed E-state index contributed by atoms with van der Waals surface area (Å²) in [4.78, 5) is 2.15. The average Bonchev–Trinajstić information content (AvgIpc) is 2.69. The highest BCUT2D eigenvalue weighted by atomic mass is 19.1. The first-order valence-corrected chi connectivity index (χ1v) is 6.73. The third-order valence-corrected chi connectivity index (χ3v) is 3.62. The van der Waals surface area contributed by atoms with Crippen LogP contribution >= 0.6 is 0 Å². The van der Waals surface area contributed by atoms with E-state index in [1.165, 1.54) is 26.0 Å². The van der Waals surface area contributed by atoms with Crippen molar-refractivity contribution < 1.29 is 9.13 Å². The van der Waals surface area contributed by atoms with Gasteiger partial charge in [0.2, 0.25) is 0 Å². The molecule has 4 heteroatoms. The molecule has 0 amide bonds. The molecule has 2 rings (SSSR count). The van der Waals surface area contributed by atoms with Gasteiger partial charge in [-0.2, -0.15) is 5.26 Å². The summed E-state index contributed by atoms with van der Waals surface area (Å²) >= 11 is 0. The van der Waals surface area contributed by atoms with Crippen LogP contribution in [0.4, 0.5) is 4.39 Å². The zero-order valence-electron chi connectivity index (χ0n) is 11.2. The normalized spacial score (nSPS) is 18.4. The quantitative estimate of drug-likeness (QED) is 0.838. The van der Waals surface area contributed by atoms with Crippen LogP contribution in [-0.2, 0) is 0 Å². The Bertz CT molecular complexity index is 462. The van der Waals surface area contributed by atoms with Crippen LogP contribution in [0.1, 0.15) is 37.3 Å². The van der Waals surface area contributed by atoms with Gasteiger partial charge in [-0.3, -0.25) is 4.90 Å². The predicted octanol–water partition coefficient (Wildman–Crippen LogP) is 3.27. The molecule has 19 heavy (non-hydrogen) atoms. The number of rotatable bonds is 3. The summed E-state index contributed by atoms with van der Waals surface area (Å²) in [7, 11) is 1.44. The van der Waals surface area contributed by atoms with Crippen LogP contribution in [0.3, 0.4) is 0 Å². The Morgan fingerprint density at radius 2 is 1.95 bits per heavy atom. The fourth-order valence-electron chi connectivity index (χ4n) is 2.57. The van der Waals surface area contributed by atoms with Gasteiger partial charge in [0.15, 0.2) is 11.6 Å². The Balaban J connectivity index is 2.21. The summed E-state index contributed by atoms with van der Waals surface area (Å²) < 4.78 is 18.6. The average molecular weight is 262 g/mol. The van der Waals surface area contributed by atoms with Gasteiger partial charge in [0.1, 0.15) is 6.04 Å². The molecule has 1 saturated heterocycles. The van der Waals surface area contributed by atoms with Crippen molar-refractivity contribution in [3.05, 3.63) is 29.6 Å². The summed E-state index contributed by atoms with van der Waals surface area (Å²) in [6.45, 7) is 1.82. The van der Waals surface area contributed by atoms with Crippen molar-refractivity contribution in [2.45, 2.75) is 31.7 Å². The fourth-order valence-corrected chi connectivity index (χ4v) is 2.57. The molecule has 0 aliphatic carbocycles. The van der Waals surface area contributed by atoms with Crippen LogP contribution in [0, 0.1) is 17.1 Å². The van der Waals surface area contributed by atoms with Crippen LogP contribution in [0.2, 0.25) is 0 Å². The highest BCUT2D eigenvalue weighted by molar-refractivity contribution is 5.33. The lowest BCUT2D eigenvalue weighted by Gasteiger charge is -2.25. The van der Waals surface area contributed by atoms with Crippen molar-refractivity contribution in [3.8, 4) is 11.8 Å². The topological polar surface area (TPSA) is 36.3 Å². The Morgan fingerprint density at radius 1 is 1.26 bits per heavy atom. The maximum Gasteiger partial charge on any atom is 0.165 e. The van der Waals surface area contributed by atoms with Gasteiger partial charge in [-0.15, -0.1) is 0 Å². The van der Waals surface area contributed by atoms with E-state index in [4.69, 9.17) is 4.74 Å². The molecule has 0 N–H and O–H groups in total. The number of nitrogens with zero attached hydrogens (tertiary/aromatic N) is 2. The minimum atomic E-state index is -0.407. The van der Waals surface area contributed by atoms with Crippen LogP contribution in [0.15, 0.2) is 18.2 Å². The zero-order valence-corrected chi connectivity index (χ0v) is 11.2. The minimum Gasteiger partial charge on any atom is -0.494 e. The van der Waals surface area contributed by atoms with E-state index in [-0.39, 0.29) is 11.8 Å². The maximum absolute atomic E-state index is 13.7. The molecular formula is C15H19FN2O. The molecule has 1 aliphatic heterocycles. The number of nitriles is 1. The van der Waals surface area contributed by atoms with Crippen LogP contribution in [-0.4, -0.2) is 25.1 Å². The molecule has 102 valence electrons. The van der Waals surface area contributed by atoms with Crippen molar-refractivity contribution in [1.82, 2.24) is 4.90 Å². The molecule has 3 nitrogen and oxygen atoms in total. The molecule has 0 spiro atoms. The van der Waals surface area contributed by atoms with Gasteiger partial charge >= 0.3 is 0 Å². The Morgan fingerprint density at radius 3 is 2.47 bits per heavy atom. The Hall–Kier alpha value is -1.60. The molecule has 1 fully saturated rings. The van der Waals surface area contributed by atoms with E-state index in [9.17, 15) is 9.65 Å². The van der Waals surface area contributed by atoms with Gasteiger partial charge in [0, 0.05) is 0 Å². The molecule has 1 heterocycles. The van der Waals surface area contributed by atoms with E-state index < -0.39 is 5.82 Å². The number of likely N-dealkylation sites (tertiary alicyclic amines) is 1. The molecule has 0 saturated carbocycles. The SMILES string of the molecule is COc1ccc(C(C#N)N2CCCCCC2)cc1F. The molecule has 1 unspecified atom stereocenters. The molecule has 1 atom stereocenters. The zero-order chi connectivity index (χ0) is 13.7. The molecule has 0 aromatic heterocycles. The van der Waals surface area contributed by atoms with Crippen molar-refractivity contribution in [2.24, 2.45) is 0 Å². The minimum absolute atomic E-state index is 0.219. The first-order valence-electron chi connectivity index (χ1n) is 6.73. The van der Waals surface area contributed by atoms with Crippen LogP contribution < -0.4 is 4.74 Å². The number of hydrogen-bond donors (Lipinski definition) is 0. The number of methoxy groups -OCH3 is 1. The fraction of sp³-hybridized carbons (Fsp3) is 0.533. The van der Waals surface area contributed by atoms with E-state index >= 15 is 0 Å². The smallest absolute Gasteiger partial charge is 0.165 e. The molecule has 0 bridgehead atoms. The first-order chi connectivity index (χ1) is 9.26. The first kappa shape index (κ1) is 13.8. The van der Waals surface area contributed by atoms with Crippen molar-refractivity contribution in [1.29, 1.82) is 5.26 Å². The molecule has 0 radical (unpaired) electrons. The van der Waals surface area contributed by atoms with Crippen LogP contribution in [0.25, 0.3) is 0 Å². The second-order valence-corrected chi connectivity index (χ2v) is 4.88. The summed E-state index contributed by atoms with van der Waals surface area (Å²) in [6.07, 6.45) is 4.64. The molecule has 1 aromatic rings. The molecular weight excluding hydrogens is 243 g/mol. The monoisotopic (exact) mass is 262 g/mol. The number of hydrogen-bond acceptors (Lipinski definition) is 3. The van der Waals surface area contributed by atoms with E-state index in [1.54, 1.807) is 12.1 Å². The van der Waals surface area contributed by atoms with Gasteiger partial charge < -0.3 is 4.74 Å². The van der Waals surface area contributed by atoms with E-state index in [1.807, 2.05) is 0 Å². The molecule has 1 aromatic carbocycles. The van der Waals surface area contributed by atoms with E-state index in [0.29, 0.717) is 5.56 Å². The predicted molar refractivity (Wildman–Crippen MR) is 71.3 cm³/mol. The van der Waals surface area contributed by atoms with E-state index in [0.717, 1.165) is 25.9 Å². The Kier molecular flexibility index (Phi) is 4.75. The van der Waals surface area contributed by atoms with Gasteiger partial charge in [0.25, 0.3) is 0 Å². The van der Waals surface area contributed by atoms with Gasteiger partial charge in [-0.25, -0.2) is 4.39 Å². The third-order valence-electron chi connectivity index (χ3n) is 3.62. The largest absolute Gasteiger partial charge is 0.494 e. The van der Waals surface area contributed by atoms with Crippen LogP contribution in [0.5, 0.6) is 5.75 Å². The molecule has 1 aliphatic rings. The maximum atomic E-state index is 13.7. The van der Waals surface area contributed by atoms with Crippen molar-refractivity contribution in [2.75, 3.05) is 20.2 Å². The highest BCUT2D eigenvalue weighted by Gasteiger charge is 2.22. The van der Waals surface area contributed by atoms with E-state index in [2.05, 4.69) is 11.0 Å². The standard InChI is InChI=1S/C15H19FN2O/c1-19-15-7-6-12(10-13(15)16)14(11-17)18-8-4-2-3-5-9-18/h6-7,10,14H,2-5,8-9H2,1H3. The van der Waals surface area contributed by atoms with Gasteiger partial charge in [0.05, 0.1) is 13.2 Å². The lowest BCUT2D eigenvalue weighted by atomic mass is 10.1. The third kappa shape index (κ3) is 3.24. The number of ether oxygens (including phenoxy) is 1. The highest BCUT2D eigenvalue weighted by Crippen LogP contribution is 2.27. The lowest BCUT2D eigenvalue weighted by molar-refractivity contribution is 0.245. The van der Waals surface area contributed by atoms with Gasteiger partial charge in [-0.05, 0) is 43.6 Å². The second-order valence-electron chi connectivity index (χ2n) is 4.88. The second kappa shape index (κ2) is 6.53. The number of halogens is 1. The lowest BCUT2D eigenvalue weighted by Crippen LogP contribution is -2.29. The summed E-state index contributed by atoms with van der Waals surface area (Å²) in [5.74, 6) is -0.189. The van der Waals surface area contributed by atoms with Crippen molar-refractivity contribution in [3.63, 3.8) is 0 Å². The number of benzene rings is 1. The summed E-state index contributed by atoms with van der Waals surface area (Å²) in [5.41, 5.74) is 0.711. The van der Waals surface area contributed by atoms with Gasteiger partial charge in [-0.1, -0.05) is 18.9 Å². The summed E-state index contributed by atoms with van der Waals surface area (Å²) in [6, 6.07) is 6.72. The Labute approximate surface area is 113 Å².